The molecule has 0 saturated heterocycles. The fourth-order valence-electron chi connectivity index (χ4n) is 2.56. The third-order valence-electron chi connectivity index (χ3n) is 4.01. The minimum absolute atomic E-state index is 0.122. The van der Waals surface area contributed by atoms with Gasteiger partial charge in [0.1, 0.15) is 18.0 Å². The van der Waals surface area contributed by atoms with Crippen LogP contribution in [0.1, 0.15) is 23.6 Å². The van der Waals surface area contributed by atoms with Gasteiger partial charge in [0, 0.05) is 18.6 Å². The van der Waals surface area contributed by atoms with Crippen molar-refractivity contribution in [3.63, 3.8) is 0 Å². The predicted molar refractivity (Wildman–Crippen MR) is 102 cm³/mol. The van der Waals surface area contributed by atoms with Gasteiger partial charge in [-0.3, -0.25) is 0 Å². The number of ether oxygens (including phenoxy) is 1. The minimum Gasteiger partial charge on any atom is -0.457 e. The molecule has 0 aliphatic rings. The quantitative estimate of drug-likeness (QED) is 0.548. The number of rotatable bonds is 6. The highest BCUT2D eigenvalue weighted by atomic mass is 16.5. The molecule has 0 unspecified atom stereocenters. The Morgan fingerprint density at radius 2 is 1.96 bits per heavy atom. The van der Waals surface area contributed by atoms with Crippen LogP contribution in [0, 0.1) is 0 Å². The minimum atomic E-state index is -0.498. The summed E-state index contributed by atoms with van der Waals surface area (Å²) in [5.74, 6) is -0.498. The molecule has 1 aromatic carbocycles. The first-order valence-corrected chi connectivity index (χ1v) is 8.41. The maximum atomic E-state index is 11.4. The first kappa shape index (κ1) is 17.5. The highest BCUT2D eigenvalue weighted by Gasteiger charge is 2.03. The normalized spacial score (nSPS) is 12.0. The number of aromatic nitrogens is 2. The van der Waals surface area contributed by atoms with Crippen molar-refractivity contribution in [2.24, 2.45) is 5.73 Å². The van der Waals surface area contributed by atoms with Gasteiger partial charge in [-0.2, -0.15) is 0 Å². The molecular weight excluding hydrogens is 326 g/mol. The lowest BCUT2D eigenvalue weighted by atomic mass is 10.0. The summed E-state index contributed by atoms with van der Waals surface area (Å²) in [6.45, 7) is 1.89. The van der Waals surface area contributed by atoms with Crippen LogP contribution in [0.3, 0.4) is 0 Å². The average Bonchev–Trinajstić information content (AvgIpc) is 3.13. The Labute approximate surface area is 152 Å². The summed E-state index contributed by atoms with van der Waals surface area (Å²) in [5.41, 5.74) is 10.1. The van der Waals surface area contributed by atoms with Crippen molar-refractivity contribution in [3.8, 4) is 0 Å². The van der Waals surface area contributed by atoms with Crippen LogP contribution in [0.2, 0.25) is 0 Å². The van der Waals surface area contributed by atoms with Crippen LogP contribution >= 0.6 is 0 Å². The van der Waals surface area contributed by atoms with Crippen LogP contribution in [0.4, 0.5) is 0 Å². The van der Waals surface area contributed by atoms with Gasteiger partial charge in [0.2, 0.25) is 0 Å². The van der Waals surface area contributed by atoms with Crippen molar-refractivity contribution in [1.29, 1.82) is 0 Å². The standard InChI is InChI=1S/C21H21N3O2/c1-2-19(22)21(25)26-13-3-4-16-5-7-17(8-6-16)14-18-9-10-20-23-11-12-24(20)15-18/h2-12,15H,13-14,22H2,1H3/b4-3?,19-2-. The van der Waals surface area contributed by atoms with E-state index in [4.69, 9.17) is 10.5 Å². The zero-order valence-corrected chi connectivity index (χ0v) is 14.6. The molecule has 5 nitrogen and oxygen atoms in total. The van der Waals surface area contributed by atoms with Crippen molar-refractivity contribution in [2.45, 2.75) is 13.3 Å². The number of esters is 1. The van der Waals surface area contributed by atoms with Gasteiger partial charge in [-0.25, -0.2) is 9.78 Å². The van der Waals surface area contributed by atoms with Gasteiger partial charge in [-0.15, -0.1) is 0 Å². The number of hydrogen-bond donors (Lipinski definition) is 1. The summed E-state index contributed by atoms with van der Waals surface area (Å²) >= 11 is 0. The zero-order chi connectivity index (χ0) is 18.4. The molecule has 26 heavy (non-hydrogen) atoms. The third-order valence-corrected chi connectivity index (χ3v) is 4.01. The Kier molecular flexibility index (Phi) is 5.49. The largest absolute Gasteiger partial charge is 0.457 e. The summed E-state index contributed by atoms with van der Waals surface area (Å²) in [6, 6.07) is 12.4. The molecule has 5 heteroatoms. The lowest BCUT2D eigenvalue weighted by molar-refractivity contribution is -0.137. The van der Waals surface area contributed by atoms with Crippen LogP contribution in [-0.4, -0.2) is 22.0 Å². The molecule has 0 saturated carbocycles. The molecule has 2 N–H and O–H groups in total. The Bertz CT molecular complexity index is 953. The van der Waals surface area contributed by atoms with E-state index in [-0.39, 0.29) is 12.3 Å². The molecule has 2 aromatic heterocycles. The highest BCUT2D eigenvalue weighted by Crippen LogP contribution is 2.13. The molecule has 0 aliphatic carbocycles. The fraction of sp³-hybridized carbons (Fsp3) is 0.143. The van der Waals surface area contributed by atoms with E-state index in [0.717, 1.165) is 17.6 Å². The first-order chi connectivity index (χ1) is 12.7. The van der Waals surface area contributed by atoms with E-state index in [2.05, 4.69) is 29.4 Å². The molecule has 0 aliphatic heterocycles. The molecule has 0 atom stereocenters. The molecule has 0 bridgehead atoms. The molecule has 0 spiro atoms. The number of carbonyl (C=O) groups is 1. The number of allylic oxidation sites excluding steroid dienone is 1. The molecule has 0 fully saturated rings. The summed E-state index contributed by atoms with van der Waals surface area (Å²) in [6.07, 6.45) is 11.9. The van der Waals surface area contributed by atoms with Crippen LogP contribution in [0.5, 0.6) is 0 Å². The topological polar surface area (TPSA) is 69.6 Å². The second-order valence-electron chi connectivity index (χ2n) is 5.89. The Hall–Kier alpha value is -3.34. The Balaban J connectivity index is 1.56. The van der Waals surface area contributed by atoms with Crippen molar-refractivity contribution in [3.05, 3.63) is 89.5 Å². The fourth-order valence-corrected chi connectivity index (χ4v) is 2.56. The number of pyridine rings is 1. The van der Waals surface area contributed by atoms with Crippen molar-refractivity contribution in [1.82, 2.24) is 9.38 Å². The van der Waals surface area contributed by atoms with Gasteiger partial charge in [-0.1, -0.05) is 42.5 Å². The van der Waals surface area contributed by atoms with Crippen molar-refractivity contribution >= 4 is 17.7 Å². The Morgan fingerprint density at radius 3 is 2.73 bits per heavy atom. The maximum Gasteiger partial charge on any atom is 0.354 e. The smallest absolute Gasteiger partial charge is 0.354 e. The van der Waals surface area contributed by atoms with Crippen LogP contribution in [-0.2, 0) is 16.0 Å². The predicted octanol–water partition coefficient (Wildman–Crippen LogP) is 3.34. The number of fused-ring (bicyclic) bond motifs is 1. The van der Waals surface area contributed by atoms with E-state index < -0.39 is 5.97 Å². The van der Waals surface area contributed by atoms with E-state index in [9.17, 15) is 4.79 Å². The maximum absolute atomic E-state index is 11.4. The highest BCUT2D eigenvalue weighted by molar-refractivity contribution is 5.87. The van der Waals surface area contributed by atoms with E-state index in [1.807, 2.05) is 34.9 Å². The van der Waals surface area contributed by atoms with Crippen LogP contribution < -0.4 is 5.73 Å². The lowest BCUT2D eigenvalue weighted by Gasteiger charge is -2.04. The summed E-state index contributed by atoms with van der Waals surface area (Å²) in [7, 11) is 0. The third kappa shape index (κ3) is 4.39. The van der Waals surface area contributed by atoms with Crippen molar-refractivity contribution in [2.75, 3.05) is 6.61 Å². The van der Waals surface area contributed by atoms with Gasteiger partial charge in [0.05, 0.1) is 0 Å². The molecule has 0 radical (unpaired) electrons. The van der Waals surface area contributed by atoms with E-state index in [0.29, 0.717) is 0 Å². The number of carbonyl (C=O) groups excluding carboxylic acids is 1. The summed E-state index contributed by atoms with van der Waals surface area (Å²) in [5, 5.41) is 0. The van der Waals surface area contributed by atoms with Gasteiger partial charge in [0.25, 0.3) is 0 Å². The Morgan fingerprint density at radius 1 is 1.19 bits per heavy atom. The number of benzene rings is 1. The number of imidazole rings is 1. The first-order valence-electron chi connectivity index (χ1n) is 8.41. The lowest BCUT2D eigenvalue weighted by Crippen LogP contribution is -2.14. The molecule has 0 amide bonds. The average molecular weight is 347 g/mol. The zero-order valence-electron chi connectivity index (χ0n) is 14.6. The molecule has 3 aromatic rings. The number of hydrogen-bond acceptors (Lipinski definition) is 4. The van der Waals surface area contributed by atoms with E-state index >= 15 is 0 Å². The SMILES string of the molecule is C/C=C(\N)C(=O)OCC=Cc1ccc(Cc2ccc3nccn3c2)cc1. The van der Waals surface area contributed by atoms with Gasteiger partial charge in [0.15, 0.2) is 0 Å². The monoisotopic (exact) mass is 347 g/mol. The summed E-state index contributed by atoms with van der Waals surface area (Å²) in [4.78, 5) is 15.7. The molecule has 3 rings (SSSR count). The second-order valence-corrected chi connectivity index (χ2v) is 5.89. The van der Waals surface area contributed by atoms with Gasteiger partial charge >= 0.3 is 5.97 Å². The molecule has 2 heterocycles. The van der Waals surface area contributed by atoms with Crippen molar-refractivity contribution < 1.29 is 9.53 Å². The number of nitrogens with zero attached hydrogens (tertiary/aromatic N) is 2. The molecule has 132 valence electrons. The van der Waals surface area contributed by atoms with E-state index in [1.165, 1.54) is 17.2 Å². The summed E-state index contributed by atoms with van der Waals surface area (Å²) < 4.78 is 7.04. The van der Waals surface area contributed by atoms with Gasteiger partial charge < -0.3 is 14.9 Å². The van der Waals surface area contributed by atoms with Gasteiger partial charge in [-0.05, 0) is 42.2 Å². The van der Waals surface area contributed by atoms with Crippen LogP contribution in [0.15, 0.2) is 72.8 Å². The second kappa shape index (κ2) is 8.16. The van der Waals surface area contributed by atoms with E-state index in [1.54, 1.807) is 19.2 Å². The molecular formula is C21H21N3O2. The van der Waals surface area contributed by atoms with Crippen LogP contribution in [0.25, 0.3) is 11.7 Å². The number of nitrogens with two attached hydrogens (primary N) is 1.